The van der Waals surface area contributed by atoms with Gasteiger partial charge in [-0.05, 0) is 81.7 Å². The van der Waals surface area contributed by atoms with Crippen LogP contribution in [0.25, 0.3) is 22.0 Å². The number of rotatable bonds is 6. The number of anilines is 2. The molecule has 3 N–H and O–H groups in total. The van der Waals surface area contributed by atoms with Crippen molar-refractivity contribution < 1.29 is 8.78 Å². The molecule has 2 aromatic carbocycles. The smallest absolute Gasteiger partial charge is 0.223 e. The van der Waals surface area contributed by atoms with Crippen LogP contribution in [0.1, 0.15) is 37.8 Å². The Morgan fingerprint density at radius 2 is 1.74 bits per heavy atom. The molecule has 10 heteroatoms. The van der Waals surface area contributed by atoms with E-state index in [1.165, 1.54) is 43.3 Å². The maximum atomic E-state index is 15.4. The van der Waals surface area contributed by atoms with Gasteiger partial charge in [-0.15, -0.1) is 0 Å². The van der Waals surface area contributed by atoms with Gasteiger partial charge in [0.15, 0.2) is 5.82 Å². The maximum absolute atomic E-state index is 15.4. The number of pyridine rings is 1. The molecular formula is C28H31ClF2N6S. The van der Waals surface area contributed by atoms with Crippen LogP contribution in [0.15, 0.2) is 53.7 Å². The van der Waals surface area contributed by atoms with Gasteiger partial charge in [0, 0.05) is 23.8 Å². The summed E-state index contributed by atoms with van der Waals surface area (Å²) in [5.74, 6) is -0.737. The van der Waals surface area contributed by atoms with Gasteiger partial charge in [0.25, 0.3) is 0 Å². The minimum atomic E-state index is -0.680. The Hall–Kier alpha value is -3.01. The lowest BCUT2D eigenvalue weighted by Crippen LogP contribution is -2.23. The normalized spacial score (nSPS) is 13.6. The molecule has 4 aromatic rings. The summed E-state index contributed by atoms with van der Waals surface area (Å²) in [7, 11) is 3.75. The third kappa shape index (κ3) is 6.89. The lowest BCUT2D eigenvalue weighted by atomic mass is 9.96. The van der Waals surface area contributed by atoms with Crippen LogP contribution in [-0.2, 0) is 0 Å². The highest BCUT2D eigenvalue weighted by Gasteiger charge is 2.18. The molecule has 38 heavy (non-hydrogen) atoms. The number of fused-ring (bicyclic) bond motifs is 1. The minimum absolute atomic E-state index is 0.108. The highest BCUT2D eigenvalue weighted by atomic mass is 35.5. The van der Waals surface area contributed by atoms with Crippen molar-refractivity contribution in [1.29, 1.82) is 0 Å². The number of aryl methyl sites for hydroxylation is 1. The van der Waals surface area contributed by atoms with Crippen molar-refractivity contribution in [2.24, 2.45) is 0 Å². The summed E-state index contributed by atoms with van der Waals surface area (Å²) in [6.07, 6.45) is 9.20. The van der Waals surface area contributed by atoms with E-state index >= 15 is 4.39 Å². The fraction of sp³-hybridized carbons (Fsp3) is 0.321. The van der Waals surface area contributed by atoms with Gasteiger partial charge < -0.3 is 15.4 Å². The van der Waals surface area contributed by atoms with Crippen LogP contribution < -0.4 is 15.4 Å². The lowest BCUT2D eigenvalue weighted by molar-refractivity contribution is 0.461. The van der Waals surface area contributed by atoms with E-state index in [1.807, 2.05) is 21.0 Å². The summed E-state index contributed by atoms with van der Waals surface area (Å²) in [5, 5.41) is 7.36. The summed E-state index contributed by atoms with van der Waals surface area (Å²) in [5.41, 5.74) is 1.94. The molecule has 1 saturated carbocycles. The quantitative estimate of drug-likeness (QED) is 0.211. The van der Waals surface area contributed by atoms with Crippen molar-refractivity contribution >= 4 is 46.1 Å². The average Bonchev–Trinajstić information content (AvgIpc) is 2.91. The molecule has 0 spiro atoms. The molecule has 1 aliphatic rings. The van der Waals surface area contributed by atoms with Crippen molar-refractivity contribution in [2.45, 2.75) is 50.0 Å². The third-order valence-corrected chi connectivity index (χ3v) is 7.34. The molecule has 5 rings (SSSR count). The maximum Gasteiger partial charge on any atom is 0.223 e. The van der Waals surface area contributed by atoms with E-state index in [9.17, 15) is 4.39 Å². The molecule has 0 saturated heterocycles. The Labute approximate surface area is 231 Å². The van der Waals surface area contributed by atoms with E-state index in [0.717, 1.165) is 28.9 Å². The van der Waals surface area contributed by atoms with Gasteiger partial charge in [-0.3, -0.25) is 4.98 Å². The highest BCUT2D eigenvalue weighted by Crippen LogP contribution is 2.35. The van der Waals surface area contributed by atoms with Crippen LogP contribution in [-0.4, -0.2) is 35.1 Å². The Kier molecular flexibility index (Phi) is 9.71. The van der Waals surface area contributed by atoms with E-state index in [4.69, 9.17) is 11.6 Å². The molecule has 1 aliphatic carbocycles. The van der Waals surface area contributed by atoms with Crippen molar-refractivity contribution in [1.82, 2.24) is 20.3 Å². The Bertz CT molecular complexity index is 1400. The average molecular weight is 557 g/mol. The van der Waals surface area contributed by atoms with Crippen molar-refractivity contribution in [2.75, 3.05) is 24.1 Å². The second-order valence-corrected chi connectivity index (χ2v) is 10.5. The molecule has 200 valence electrons. The second-order valence-electron chi connectivity index (χ2n) is 9.17. The molecule has 0 radical (unpaired) electrons. The first-order valence-electron chi connectivity index (χ1n) is 12.5. The minimum Gasteiger partial charge on any atom is -0.351 e. The van der Waals surface area contributed by atoms with Gasteiger partial charge in [0.05, 0.1) is 32.4 Å². The number of halogens is 3. The van der Waals surface area contributed by atoms with Crippen molar-refractivity contribution in [3.8, 4) is 11.1 Å². The standard InChI is InChI=1S/C26H24ClF2N5S.C2H7N/c1-15-23(12-18(27)14-30-15)35-34-22-10-8-20(28)24(25(22)29)16-7-9-21-17(11-16)13-31-26(33-21)32-19-5-3-2-4-6-19;1-3-2/h7-14,19,34H,2-6H2,1H3,(H,31,32,33);3H,1-2H3. The summed E-state index contributed by atoms with van der Waals surface area (Å²) < 4.78 is 33.2. The Morgan fingerprint density at radius 3 is 2.50 bits per heavy atom. The van der Waals surface area contributed by atoms with Gasteiger partial charge in [0.1, 0.15) is 5.82 Å². The second kappa shape index (κ2) is 13.2. The Morgan fingerprint density at radius 1 is 0.974 bits per heavy atom. The largest absolute Gasteiger partial charge is 0.351 e. The predicted octanol–water partition coefficient (Wildman–Crippen LogP) is 7.63. The molecule has 6 nitrogen and oxygen atoms in total. The van der Waals surface area contributed by atoms with Crippen molar-refractivity contribution in [3.05, 3.63) is 71.1 Å². The van der Waals surface area contributed by atoms with Crippen LogP contribution in [0.4, 0.5) is 20.4 Å². The molecule has 1 fully saturated rings. The van der Waals surface area contributed by atoms with Gasteiger partial charge in [-0.1, -0.05) is 36.9 Å². The Balaban J connectivity index is 0.00000107. The highest BCUT2D eigenvalue weighted by molar-refractivity contribution is 8.00. The van der Waals surface area contributed by atoms with Crippen LogP contribution >= 0.6 is 23.5 Å². The summed E-state index contributed by atoms with van der Waals surface area (Å²) in [4.78, 5) is 14.0. The molecule has 0 amide bonds. The zero-order valence-electron chi connectivity index (χ0n) is 21.6. The molecule has 0 aliphatic heterocycles. The van der Waals surface area contributed by atoms with Crippen LogP contribution in [0.2, 0.25) is 5.02 Å². The molecule has 0 bridgehead atoms. The van der Waals surface area contributed by atoms with Gasteiger partial charge in [-0.2, -0.15) is 0 Å². The van der Waals surface area contributed by atoms with E-state index in [2.05, 4.69) is 30.3 Å². The number of nitrogens with one attached hydrogen (secondary N) is 3. The van der Waals surface area contributed by atoms with Crippen molar-refractivity contribution in [3.63, 3.8) is 0 Å². The van der Waals surface area contributed by atoms with Gasteiger partial charge in [-0.25, -0.2) is 18.7 Å². The number of aromatic nitrogens is 3. The number of nitrogens with zero attached hydrogens (tertiary/aromatic N) is 3. The first-order valence-corrected chi connectivity index (χ1v) is 13.7. The number of hydrogen-bond acceptors (Lipinski definition) is 7. The molecule has 2 heterocycles. The number of hydrogen-bond donors (Lipinski definition) is 3. The van der Waals surface area contributed by atoms with Gasteiger partial charge in [0.2, 0.25) is 5.95 Å². The van der Waals surface area contributed by atoms with Crippen LogP contribution in [0.3, 0.4) is 0 Å². The zero-order chi connectivity index (χ0) is 27.1. The predicted molar refractivity (Wildman–Crippen MR) is 154 cm³/mol. The van der Waals surface area contributed by atoms with Gasteiger partial charge >= 0.3 is 0 Å². The first-order chi connectivity index (χ1) is 18.4. The monoisotopic (exact) mass is 556 g/mol. The van der Waals surface area contributed by atoms with E-state index < -0.39 is 11.6 Å². The summed E-state index contributed by atoms with van der Waals surface area (Å²) in [6.45, 7) is 1.83. The number of benzene rings is 2. The molecular weight excluding hydrogens is 526 g/mol. The summed E-state index contributed by atoms with van der Waals surface area (Å²) >= 11 is 7.19. The zero-order valence-corrected chi connectivity index (χ0v) is 23.2. The molecule has 0 atom stereocenters. The SMILES string of the molecule is CNC.Cc1ncc(Cl)cc1SNc1ccc(F)c(-c2ccc3nc(NC4CCCCC4)ncc3c2)c1F. The fourth-order valence-electron chi connectivity index (χ4n) is 4.29. The first kappa shape index (κ1) is 28.0. The van der Waals surface area contributed by atoms with Crippen LogP contribution in [0.5, 0.6) is 0 Å². The lowest BCUT2D eigenvalue weighted by Gasteiger charge is -2.22. The topological polar surface area (TPSA) is 74.8 Å². The molecule has 2 aromatic heterocycles. The summed E-state index contributed by atoms with van der Waals surface area (Å²) in [6, 6.07) is 9.93. The van der Waals surface area contributed by atoms with E-state index in [0.29, 0.717) is 28.0 Å². The fourth-order valence-corrected chi connectivity index (χ4v) is 5.27. The van der Waals surface area contributed by atoms with E-state index in [1.54, 1.807) is 36.7 Å². The molecule has 0 unspecified atom stereocenters. The van der Waals surface area contributed by atoms with Crippen LogP contribution in [0, 0.1) is 18.6 Å². The van der Waals surface area contributed by atoms with E-state index in [-0.39, 0.29) is 11.3 Å². The third-order valence-electron chi connectivity index (χ3n) is 6.18.